The maximum absolute atomic E-state index is 13.4. The van der Waals surface area contributed by atoms with Gasteiger partial charge in [0, 0.05) is 24.0 Å². The van der Waals surface area contributed by atoms with E-state index in [1.807, 2.05) is 0 Å². The highest BCUT2D eigenvalue weighted by Gasteiger charge is 2.28. The number of primary amides is 1. The first kappa shape index (κ1) is 21.6. The van der Waals surface area contributed by atoms with Crippen molar-refractivity contribution in [1.82, 2.24) is 9.55 Å². The first-order valence-electron chi connectivity index (χ1n) is 10.0. The topological polar surface area (TPSA) is 114 Å². The zero-order valence-electron chi connectivity index (χ0n) is 17.3. The lowest BCUT2D eigenvalue weighted by atomic mass is 10.0. The van der Waals surface area contributed by atoms with Gasteiger partial charge in [-0.2, -0.15) is 0 Å². The Bertz CT molecular complexity index is 1520. The van der Waals surface area contributed by atoms with Gasteiger partial charge in [-0.25, -0.2) is 4.39 Å². The van der Waals surface area contributed by atoms with Crippen molar-refractivity contribution < 1.29 is 23.5 Å². The number of fused-ring (bicyclic) bond motifs is 2. The number of aromatic nitrogens is 2. The van der Waals surface area contributed by atoms with Crippen molar-refractivity contribution >= 4 is 34.2 Å². The highest BCUT2D eigenvalue weighted by Crippen LogP contribution is 2.36. The first-order chi connectivity index (χ1) is 16.3. The Morgan fingerprint density at radius 1 is 1.09 bits per heavy atom. The van der Waals surface area contributed by atoms with Crippen molar-refractivity contribution in [2.45, 2.75) is 6.04 Å². The van der Waals surface area contributed by atoms with E-state index in [1.54, 1.807) is 6.07 Å². The number of hydrogen-bond acceptors (Lipinski definition) is 6. The zero-order chi connectivity index (χ0) is 24.0. The molecule has 1 aliphatic heterocycles. The molecule has 0 fully saturated rings. The minimum atomic E-state index is -1.18. The number of pyridine rings is 2. The molecular weight excluding hydrogens is 465 g/mol. The smallest absolute Gasteiger partial charge is 0.246 e. The number of ether oxygens (including phenoxy) is 2. The molecule has 4 aromatic rings. The van der Waals surface area contributed by atoms with E-state index in [1.165, 1.54) is 47.3 Å². The van der Waals surface area contributed by atoms with Gasteiger partial charge in [-0.1, -0.05) is 11.6 Å². The molecule has 0 radical (unpaired) electrons. The van der Waals surface area contributed by atoms with Crippen LogP contribution in [0.1, 0.15) is 27.7 Å². The van der Waals surface area contributed by atoms with Crippen LogP contribution in [0.4, 0.5) is 4.39 Å². The molecule has 0 aliphatic carbocycles. The molecule has 8 nitrogen and oxygen atoms in total. The molecule has 3 heterocycles. The largest absolute Gasteiger partial charge is 0.454 e. The molecule has 170 valence electrons. The van der Waals surface area contributed by atoms with E-state index in [2.05, 4.69) is 4.98 Å². The predicted molar refractivity (Wildman–Crippen MR) is 121 cm³/mol. The highest BCUT2D eigenvalue weighted by molar-refractivity contribution is 6.30. The number of carbonyl (C=O) groups is 2. The third-order valence-electron chi connectivity index (χ3n) is 5.46. The quantitative estimate of drug-likeness (QED) is 0.440. The second-order valence-electron chi connectivity index (χ2n) is 7.54. The van der Waals surface area contributed by atoms with Gasteiger partial charge in [-0.05, 0) is 42.5 Å². The Hall–Kier alpha value is -4.24. The number of nitrogens with two attached hydrogens (primary N) is 1. The molecule has 0 spiro atoms. The van der Waals surface area contributed by atoms with Gasteiger partial charge in [0.2, 0.25) is 18.1 Å². The van der Waals surface area contributed by atoms with Gasteiger partial charge >= 0.3 is 0 Å². The maximum atomic E-state index is 13.4. The molecule has 1 aliphatic rings. The van der Waals surface area contributed by atoms with Gasteiger partial charge in [-0.3, -0.25) is 19.4 Å². The average molecular weight is 480 g/mol. The Labute approximate surface area is 196 Å². The van der Waals surface area contributed by atoms with Crippen molar-refractivity contribution in [1.29, 1.82) is 0 Å². The summed E-state index contributed by atoms with van der Waals surface area (Å²) in [7, 11) is 0. The molecule has 2 aromatic carbocycles. The van der Waals surface area contributed by atoms with Crippen LogP contribution in [0.3, 0.4) is 0 Å². The van der Waals surface area contributed by atoms with Crippen LogP contribution in [-0.2, 0) is 4.79 Å². The van der Waals surface area contributed by atoms with Crippen LogP contribution in [-0.4, -0.2) is 28.0 Å². The molecule has 5 rings (SSSR count). The van der Waals surface area contributed by atoms with E-state index in [-0.39, 0.29) is 34.5 Å². The van der Waals surface area contributed by atoms with Gasteiger partial charge in [0.15, 0.2) is 23.3 Å². The Morgan fingerprint density at radius 2 is 1.79 bits per heavy atom. The molecule has 0 saturated carbocycles. The molecule has 2 N–H and O–H groups in total. The number of benzene rings is 2. The number of amides is 1. The average Bonchev–Trinajstić information content (AvgIpc) is 3.28. The normalized spacial score (nSPS) is 13.1. The van der Waals surface area contributed by atoms with Crippen LogP contribution in [0.2, 0.25) is 5.02 Å². The molecule has 0 saturated heterocycles. The SMILES string of the molecule is NC(=O)C(c1ccc(Cl)cn1)n1cc(C(=O)c2ccc(F)cc2)c(=O)c2cc3c(cc21)OCO3. The van der Waals surface area contributed by atoms with Gasteiger partial charge in [0.1, 0.15) is 5.82 Å². The van der Waals surface area contributed by atoms with E-state index in [9.17, 15) is 18.8 Å². The second-order valence-corrected chi connectivity index (χ2v) is 7.98. The van der Waals surface area contributed by atoms with E-state index < -0.39 is 29.0 Å². The van der Waals surface area contributed by atoms with Crippen LogP contribution in [0.25, 0.3) is 10.9 Å². The van der Waals surface area contributed by atoms with Crippen molar-refractivity contribution in [2.24, 2.45) is 5.73 Å². The van der Waals surface area contributed by atoms with Gasteiger partial charge < -0.3 is 19.8 Å². The van der Waals surface area contributed by atoms with Crippen LogP contribution in [0.5, 0.6) is 11.5 Å². The summed E-state index contributed by atoms with van der Waals surface area (Å²) in [5.74, 6) is -1.26. The maximum Gasteiger partial charge on any atom is 0.246 e. The number of nitrogens with zero attached hydrogens (tertiary/aromatic N) is 2. The van der Waals surface area contributed by atoms with E-state index in [0.717, 1.165) is 12.1 Å². The summed E-state index contributed by atoms with van der Waals surface area (Å²) in [5.41, 5.74) is 5.55. The second kappa shape index (κ2) is 8.27. The standard InChI is InChI=1S/C24H15ClFN3O5/c25-13-3-6-17(28-9-13)21(24(27)32)29-10-16(22(30)12-1-4-14(26)5-2-12)23(31)15-7-19-20(8-18(15)29)34-11-33-19/h1-10,21H,11H2,(H2,27,32). The van der Waals surface area contributed by atoms with Crippen molar-refractivity contribution in [3.05, 3.63) is 98.8 Å². The Balaban J connectivity index is 1.80. The van der Waals surface area contributed by atoms with Crippen LogP contribution < -0.4 is 20.6 Å². The minimum absolute atomic E-state index is 0.0425. The fraction of sp³-hybridized carbons (Fsp3) is 0.0833. The summed E-state index contributed by atoms with van der Waals surface area (Å²) in [6.45, 7) is -0.0425. The molecule has 34 heavy (non-hydrogen) atoms. The lowest BCUT2D eigenvalue weighted by Crippen LogP contribution is -2.31. The Kier molecular flexibility index (Phi) is 5.25. The van der Waals surface area contributed by atoms with Crippen LogP contribution >= 0.6 is 11.6 Å². The van der Waals surface area contributed by atoms with Crippen molar-refractivity contribution in [2.75, 3.05) is 6.79 Å². The van der Waals surface area contributed by atoms with E-state index >= 15 is 0 Å². The summed E-state index contributed by atoms with van der Waals surface area (Å²) in [6, 6.07) is 9.67. The first-order valence-corrected chi connectivity index (χ1v) is 10.4. The fourth-order valence-electron chi connectivity index (χ4n) is 3.85. The Morgan fingerprint density at radius 3 is 2.44 bits per heavy atom. The number of rotatable bonds is 5. The molecule has 0 bridgehead atoms. The molecule has 2 aromatic heterocycles. The molecule has 1 unspecified atom stereocenters. The van der Waals surface area contributed by atoms with Crippen LogP contribution in [0.15, 0.2) is 65.7 Å². The summed E-state index contributed by atoms with van der Waals surface area (Å²) >= 11 is 5.94. The number of ketones is 1. The molecule has 1 atom stereocenters. The summed E-state index contributed by atoms with van der Waals surface area (Å²) in [6.07, 6.45) is 2.61. The monoisotopic (exact) mass is 479 g/mol. The van der Waals surface area contributed by atoms with Crippen LogP contribution in [0, 0.1) is 5.82 Å². The number of carbonyl (C=O) groups excluding carboxylic acids is 2. The molecule has 1 amide bonds. The van der Waals surface area contributed by atoms with Gasteiger partial charge in [0.25, 0.3) is 0 Å². The third kappa shape index (κ3) is 3.65. The highest BCUT2D eigenvalue weighted by atomic mass is 35.5. The summed E-state index contributed by atoms with van der Waals surface area (Å²) in [4.78, 5) is 43.4. The van der Waals surface area contributed by atoms with Gasteiger partial charge in [-0.15, -0.1) is 0 Å². The number of hydrogen-bond donors (Lipinski definition) is 1. The van der Waals surface area contributed by atoms with Crippen molar-refractivity contribution in [3.8, 4) is 11.5 Å². The van der Waals surface area contributed by atoms with Crippen molar-refractivity contribution in [3.63, 3.8) is 0 Å². The minimum Gasteiger partial charge on any atom is -0.454 e. The summed E-state index contributed by atoms with van der Waals surface area (Å²) in [5, 5.41) is 0.463. The lowest BCUT2D eigenvalue weighted by molar-refractivity contribution is -0.120. The summed E-state index contributed by atoms with van der Waals surface area (Å²) < 4.78 is 25.6. The van der Waals surface area contributed by atoms with E-state index in [4.69, 9.17) is 26.8 Å². The fourth-order valence-corrected chi connectivity index (χ4v) is 3.96. The van der Waals surface area contributed by atoms with E-state index in [0.29, 0.717) is 16.5 Å². The molecular formula is C24H15ClFN3O5. The number of halogens is 2. The van der Waals surface area contributed by atoms with Gasteiger partial charge in [0.05, 0.1) is 27.2 Å². The predicted octanol–water partition coefficient (Wildman–Crippen LogP) is 3.22. The molecule has 10 heteroatoms. The third-order valence-corrected chi connectivity index (χ3v) is 5.68. The lowest BCUT2D eigenvalue weighted by Gasteiger charge is -2.21. The zero-order valence-corrected chi connectivity index (χ0v) is 18.1.